The molecular weight excluding hydrogens is 314 g/mol. The lowest BCUT2D eigenvalue weighted by Gasteiger charge is -2.30. The maximum atomic E-state index is 5.80. The summed E-state index contributed by atoms with van der Waals surface area (Å²) in [5.74, 6) is 1.43. The van der Waals surface area contributed by atoms with Gasteiger partial charge in [0.2, 0.25) is 0 Å². The van der Waals surface area contributed by atoms with Crippen LogP contribution in [0, 0.1) is 5.92 Å². The molecule has 1 aliphatic heterocycles. The number of furan rings is 1. The molecule has 0 bridgehead atoms. The van der Waals surface area contributed by atoms with Gasteiger partial charge in [-0.1, -0.05) is 36.4 Å². The smallest absolute Gasteiger partial charge is 0.117 e. The Labute approximate surface area is 145 Å². The lowest BCUT2D eigenvalue weighted by molar-refractivity contribution is 0.465. The fourth-order valence-electron chi connectivity index (χ4n) is 3.78. The highest BCUT2D eigenvalue weighted by Crippen LogP contribution is 2.51. The van der Waals surface area contributed by atoms with Gasteiger partial charge in [0.15, 0.2) is 0 Å². The zero-order valence-corrected chi connectivity index (χ0v) is 14.0. The average Bonchev–Trinajstić information content (AvgIpc) is 3.10. The second-order valence-electron chi connectivity index (χ2n) is 6.32. The van der Waals surface area contributed by atoms with E-state index in [0.29, 0.717) is 5.92 Å². The van der Waals surface area contributed by atoms with Crippen molar-refractivity contribution in [2.24, 2.45) is 10.9 Å². The first-order valence-corrected chi connectivity index (χ1v) is 9.24. The minimum atomic E-state index is 0.274. The lowest BCUT2D eigenvalue weighted by Crippen LogP contribution is -2.26. The lowest BCUT2D eigenvalue weighted by atomic mass is 9.79. The van der Waals surface area contributed by atoms with Gasteiger partial charge in [0.1, 0.15) is 5.76 Å². The summed E-state index contributed by atoms with van der Waals surface area (Å²) in [6.45, 7) is 0. The highest BCUT2D eigenvalue weighted by Gasteiger charge is 2.37. The van der Waals surface area contributed by atoms with Crippen molar-refractivity contribution in [3.8, 4) is 0 Å². The summed E-state index contributed by atoms with van der Waals surface area (Å²) in [6.07, 6.45) is 4.00. The molecule has 3 heteroatoms. The molecule has 2 atom stereocenters. The summed E-state index contributed by atoms with van der Waals surface area (Å²) in [6, 6.07) is 21.2. The summed E-state index contributed by atoms with van der Waals surface area (Å²) in [7, 11) is 0. The third-order valence-electron chi connectivity index (χ3n) is 4.92. The van der Waals surface area contributed by atoms with Gasteiger partial charge in [0, 0.05) is 10.8 Å². The van der Waals surface area contributed by atoms with Crippen molar-refractivity contribution >= 4 is 23.2 Å². The Morgan fingerprint density at radius 3 is 2.75 bits per heavy atom. The first kappa shape index (κ1) is 14.1. The molecule has 1 aromatic heterocycles. The second kappa shape index (κ2) is 5.67. The van der Waals surface area contributed by atoms with E-state index in [1.807, 2.05) is 17.8 Å². The van der Waals surface area contributed by atoms with Crippen LogP contribution in [0.25, 0.3) is 0 Å². The van der Waals surface area contributed by atoms with Crippen molar-refractivity contribution in [1.82, 2.24) is 0 Å². The van der Waals surface area contributed by atoms with Crippen molar-refractivity contribution in [2.75, 3.05) is 0 Å². The topological polar surface area (TPSA) is 25.5 Å². The largest absolute Gasteiger partial charge is 0.468 e. The molecule has 2 unspecified atom stereocenters. The molecule has 2 aliphatic rings. The van der Waals surface area contributed by atoms with Crippen molar-refractivity contribution in [3.05, 3.63) is 83.8 Å². The maximum Gasteiger partial charge on any atom is 0.117 e. The van der Waals surface area contributed by atoms with Gasteiger partial charge >= 0.3 is 0 Å². The minimum absolute atomic E-state index is 0.274. The standard InChI is InChI=1S/C21H17NOS/c1-2-7-15-14(6-1)11-12-16-20(15)22-17-8-3-4-10-19(17)24-21(16)18-9-5-13-23-18/h1-10,13,16,21H,11-12H2. The van der Waals surface area contributed by atoms with Gasteiger partial charge in [-0.05, 0) is 48.2 Å². The Kier molecular flexibility index (Phi) is 3.34. The molecule has 0 N–H and O–H groups in total. The van der Waals surface area contributed by atoms with Crippen LogP contribution in [0.4, 0.5) is 5.69 Å². The molecule has 0 fully saturated rings. The first-order valence-electron chi connectivity index (χ1n) is 8.36. The van der Waals surface area contributed by atoms with Crippen LogP contribution >= 0.6 is 11.8 Å². The van der Waals surface area contributed by atoms with Gasteiger partial charge < -0.3 is 4.42 Å². The molecule has 0 spiro atoms. The average molecular weight is 331 g/mol. The number of thioether (sulfide) groups is 1. The summed E-state index contributed by atoms with van der Waals surface area (Å²) < 4.78 is 5.80. The van der Waals surface area contributed by atoms with E-state index in [9.17, 15) is 0 Å². The zero-order chi connectivity index (χ0) is 15.9. The van der Waals surface area contributed by atoms with Crippen LogP contribution in [0.5, 0.6) is 0 Å². The summed E-state index contributed by atoms with van der Waals surface area (Å²) in [4.78, 5) is 6.35. The van der Waals surface area contributed by atoms with Crippen molar-refractivity contribution < 1.29 is 4.42 Å². The molecule has 2 heterocycles. The third kappa shape index (κ3) is 2.23. The van der Waals surface area contributed by atoms with E-state index in [2.05, 4.69) is 54.6 Å². The minimum Gasteiger partial charge on any atom is -0.468 e. The summed E-state index contributed by atoms with van der Waals surface area (Å²) in [5.41, 5.74) is 5.02. The molecule has 3 aromatic rings. The molecule has 2 nitrogen and oxygen atoms in total. The molecule has 118 valence electrons. The molecule has 0 saturated carbocycles. The SMILES string of the molecule is c1coc(C2Sc3ccccc3N=C3c4ccccc4CCC32)c1. The molecule has 0 amide bonds. The van der Waals surface area contributed by atoms with Gasteiger partial charge in [-0.3, -0.25) is 4.99 Å². The Morgan fingerprint density at radius 1 is 0.958 bits per heavy atom. The summed E-state index contributed by atoms with van der Waals surface area (Å²) in [5, 5.41) is 0.274. The van der Waals surface area contributed by atoms with Crippen LogP contribution in [0.1, 0.15) is 28.6 Å². The highest BCUT2D eigenvalue weighted by atomic mass is 32.2. The van der Waals surface area contributed by atoms with E-state index in [1.54, 1.807) is 6.26 Å². The van der Waals surface area contributed by atoms with Crippen LogP contribution < -0.4 is 0 Å². The monoisotopic (exact) mass is 331 g/mol. The van der Waals surface area contributed by atoms with Crippen LogP contribution in [-0.4, -0.2) is 5.71 Å². The molecular formula is C21H17NOS. The van der Waals surface area contributed by atoms with Gasteiger partial charge in [0.25, 0.3) is 0 Å². The molecule has 5 rings (SSSR count). The van der Waals surface area contributed by atoms with E-state index in [-0.39, 0.29) is 5.25 Å². The van der Waals surface area contributed by atoms with Crippen molar-refractivity contribution in [2.45, 2.75) is 23.0 Å². The molecule has 24 heavy (non-hydrogen) atoms. The van der Waals surface area contributed by atoms with Gasteiger partial charge in [-0.25, -0.2) is 0 Å². The molecule has 0 saturated heterocycles. The van der Waals surface area contributed by atoms with E-state index in [4.69, 9.17) is 9.41 Å². The normalized spacial score (nSPS) is 21.9. The zero-order valence-electron chi connectivity index (χ0n) is 13.2. The molecule has 2 aromatic carbocycles. The number of para-hydroxylation sites is 1. The number of fused-ring (bicyclic) bond motifs is 4. The fourth-order valence-corrected chi connectivity index (χ4v) is 5.13. The van der Waals surface area contributed by atoms with E-state index in [0.717, 1.165) is 24.3 Å². The van der Waals surface area contributed by atoms with Crippen molar-refractivity contribution in [1.29, 1.82) is 0 Å². The number of hydrogen-bond donors (Lipinski definition) is 0. The number of hydrogen-bond acceptors (Lipinski definition) is 3. The Hall–Kier alpha value is -2.26. The van der Waals surface area contributed by atoms with E-state index >= 15 is 0 Å². The molecule has 1 aliphatic carbocycles. The van der Waals surface area contributed by atoms with Crippen LogP contribution in [0.2, 0.25) is 0 Å². The predicted molar refractivity (Wildman–Crippen MR) is 98.2 cm³/mol. The van der Waals surface area contributed by atoms with Crippen LogP contribution in [0.3, 0.4) is 0 Å². The third-order valence-corrected chi connectivity index (χ3v) is 6.33. The Balaban J connectivity index is 1.73. The van der Waals surface area contributed by atoms with Gasteiger partial charge in [-0.15, -0.1) is 11.8 Å². The van der Waals surface area contributed by atoms with Crippen molar-refractivity contribution in [3.63, 3.8) is 0 Å². The Morgan fingerprint density at radius 2 is 1.83 bits per heavy atom. The fraction of sp³-hybridized carbons (Fsp3) is 0.190. The van der Waals surface area contributed by atoms with E-state index in [1.165, 1.54) is 21.7 Å². The highest BCUT2D eigenvalue weighted by molar-refractivity contribution is 7.99. The Bertz CT molecular complexity index is 913. The predicted octanol–water partition coefficient (Wildman–Crippen LogP) is 5.81. The quantitative estimate of drug-likeness (QED) is 0.562. The summed E-state index contributed by atoms with van der Waals surface area (Å²) >= 11 is 1.89. The maximum absolute atomic E-state index is 5.80. The van der Waals surface area contributed by atoms with E-state index < -0.39 is 0 Å². The first-order chi connectivity index (χ1) is 11.9. The van der Waals surface area contributed by atoms with Gasteiger partial charge in [-0.2, -0.15) is 0 Å². The number of rotatable bonds is 1. The number of nitrogens with zero attached hydrogens (tertiary/aromatic N) is 1. The molecule has 0 radical (unpaired) electrons. The van der Waals surface area contributed by atoms with Gasteiger partial charge in [0.05, 0.1) is 22.9 Å². The second-order valence-corrected chi connectivity index (χ2v) is 7.50. The number of aryl methyl sites for hydroxylation is 1. The number of benzene rings is 2. The number of aliphatic imine (C=N–C) groups is 1. The van der Waals surface area contributed by atoms with Crippen LogP contribution in [0.15, 0.2) is 81.2 Å². The van der Waals surface area contributed by atoms with Crippen LogP contribution in [-0.2, 0) is 6.42 Å².